The Balaban J connectivity index is 2.16. The second kappa shape index (κ2) is 8.44. The molecule has 31 heavy (non-hydrogen) atoms. The molecule has 1 aliphatic rings. The van der Waals surface area contributed by atoms with E-state index in [9.17, 15) is 0 Å². The standard InChI is InChI=1S/C10H19P2.3C6H5.Sn/c1-9(2,3)7-11-8(12-7)10(4,5)6;3*1-2-4-6-5-3-1;/h11H,1-6H3;3*1-5H;. The zero-order chi connectivity index (χ0) is 22.3. The first-order valence-electron chi connectivity index (χ1n) is 11.2. The molecule has 0 fully saturated rings. The summed E-state index contributed by atoms with van der Waals surface area (Å²) >= 11 is -3.47. The van der Waals surface area contributed by atoms with E-state index >= 15 is 0 Å². The van der Waals surface area contributed by atoms with Crippen molar-refractivity contribution in [1.82, 2.24) is 0 Å². The SMILES string of the molecule is CC(C)(C)C1=P[C](C(C)(C)C)([Sn]([c]2ccccc2)([c]2ccccc2)[c]2ccccc2)P1. The van der Waals surface area contributed by atoms with Gasteiger partial charge in [0, 0.05) is 0 Å². The first-order valence-corrected chi connectivity index (χ1v) is 18.8. The normalized spacial score (nSPS) is 20.8. The van der Waals surface area contributed by atoms with Crippen LogP contribution in [0.5, 0.6) is 0 Å². The Labute approximate surface area is 196 Å². The number of hydrogen-bond donors (Lipinski definition) is 0. The van der Waals surface area contributed by atoms with Gasteiger partial charge in [-0.3, -0.25) is 0 Å². The van der Waals surface area contributed by atoms with Crippen LogP contribution in [0.15, 0.2) is 91.0 Å². The maximum atomic E-state index is 2.51. The molecule has 0 bridgehead atoms. The molecule has 0 nitrogen and oxygen atoms in total. The molecule has 1 aliphatic heterocycles. The van der Waals surface area contributed by atoms with Gasteiger partial charge in [-0.1, -0.05) is 0 Å². The minimum absolute atomic E-state index is 0.208. The van der Waals surface area contributed by atoms with E-state index in [0.29, 0.717) is 0 Å². The quantitative estimate of drug-likeness (QED) is 0.266. The first-order chi connectivity index (χ1) is 14.6. The van der Waals surface area contributed by atoms with E-state index in [1.165, 1.54) is 0 Å². The molecule has 0 saturated heterocycles. The van der Waals surface area contributed by atoms with Crippen LogP contribution in [0.2, 0.25) is 0 Å². The average molecular weight is 551 g/mol. The topological polar surface area (TPSA) is 0 Å². The zero-order valence-electron chi connectivity index (χ0n) is 19.6. The van der Waals surface area contributed by atoms with Gasteiger partial charge in [0.05, 0.1) is 0 Å². The molecular formula is C28H34P2Sn. The van der Waals surface area contributed by atoms with Crippen LogP contribution in [-0.2, 0) is 0 Å². The zero-order valence-corrected chi connectivity index (χ0v) is 24.4. The molecule has 0 aliphatic carbocycles. The van der Waals surface area contributed by atoms with Gasteiger partial charge in [-0.25, -0.2) is 0 Å². The molecule has 0 N–H and O–H groups in total. The summed E-state index contributed by atoms with van der Waals surface area (Å²) in [5.74, 6) is 0. The third kappa shape index (κ3) is 3.78. The van der Waals surface area contributed by atoms with Crippen molar-refractivity contribution in [3.05, 3.63) is 91.0 Å². The number of benzene rings is 3. The number of rotatable bonds is 4. The molecule has 1 heterocycles. The molecule has 3 aromatic rings. The number of hydrogen-bond acceptors (Lipinski definition) is 0. The van der Waals surface area contributed by atoms with Crippen molar-refractivity contribution < 1.29 is 0 Å². The Bertz CT molecular complexity index is 964. The molecule has 3 heteroatoms. The molecule has 2 unspecified atom stereocenters. The van der Waals surface area contributed by atoms with Gasteiger partial charge in [-0.2, -0.15) is 0 Å². The Morgan fingerprint density at radius 3 is 1.19 bits per heavy atom. The fraction of sp³-hybridized carbons (Fsp3) is 0.321. The molecule has 4 rings (SSSR count). The first kappa shape index (κ1) is 23.2. The Kier molecular flexibility index (Phi) is 6.32. The van der Waals surface area contributed by atoms with Crippen molar-refractivity contribution in [1.29, 1.82) is 0 Å². The molecular weight excluding hydrogens is 517 g/mol. The summed E-state index contributed by atoms with van der Waals surface area (Å²) in [4.78, 5) is 0. The summed E-state index contributed by atoms with van der Waals surface area (Å²) in [6.07, 6.45) is 0. The molecule has 0 radical (unpaired) electrons. The van der Waals surface area contributed by atoms with Gasteiger partial charge in [0.2, 0.25) is 0 Å². The van der Waals surface area contributed by atoms with Gasteiger partial charge >= 0.3 is 197 Å². The summed E-state index contributed by atoms with van der Waals surface area (Å²) in [6, 6.07) is 34.7. The van der Waals surface area contributed by atoms with Crippen LogP contribution in [-0.4, -0.2) is 26.3 Å². The molecule has 160 valence electrons. The molecule has 3 aromatic carbocycles. The Morgan fingerprint density at radius 2 is 0.935 bits per heavy atom. The monoisotopic (exact) mass is 552 g/mol. The van der Waals surface area contributed by atoms with Crippen LogP contribution in [0.1, 0.15) is 41.5 Å². The van der Waals surface area contributed by atoms with Crippen molar-refractivity contribution in [3.8, 4) is 0 Å². The van der Waals surface area contributed by atoms with E-state index in [-0.39, 0.29) is 13.7 Å². The van der Waals surface area contributed by atoms with Gasteiger partial charge in [-0.05, 0) is 0 Å². The van der Waals surface area contributed by atoms with E-state index in [1.54, 1.807) is 24.0 Å². The van der Waals surface area contributed by atoms with Gasteiger partial charge < -0.3 is 0 Å². The van der Waals surface area contributed by atoms with E-state index in [4.69, 9.17) is 0 Å². The van der Waals surface area contributed by atoms with Crippen molar-refractivity contribution in [3.63, 3.8) is 0 Å². The predicted octanol–water partition coefficient (Wildman–Crippen LogP) is 6.25. The fourth-order valence-electron chi connectivity index (χ4n) is 4.98. The average Bonchev–Trinajstić information content (AvgIpc) is 2.70. The molecule has 0 aromatic heterocycles. The summed E-state index contributed by atoms with van der Waals surface area (Å²) < 4.78 is 5.11. The summed E-state index contributed by atoms with van der Waals surface area (Å²) in [7, 11) is 2.49. The second-order valence-corrected chi connectivity index (χ2v) is 28.3. The summed E-state index contributed by atoms with van der Waals surface area (Å²) in [5, 5.41) is 1.74. The van der Waals surface area contributed by atoms with Crippen molar-refractivity contribution in [2.24, 2.45) is 10.8 Å². The van der Waals surface area contributed by atoms with Crippen molar-refractivity contribution in [2.45, 2.75) is 44.5 Å². The van der Waals surface area contributed by atoms with Crippen LogP contribution in [0.3, 0.4) is 0 Å². The van der Waals surface area contributed by atoms with Crippen LogP contribution < -0.4 is 10.7 Å². The fourth-order valence-corrected chi connectivity index (χ4v) is 36.8. The van der Waals surface area contributed by atoms with E-state index in [2.05, 4.69) is 133 Å². The van der Waals surface area contributed by atoms with Crippen LogP contribution in [0.25, 0.3) is 0 Å². The van der Waals surface area contributed by atoms with Gasteiger partial charge in [0.15, 0.2) is 0 Å². The Morgan fingerprint density at radius 1 is 0.613 bits per heavy atom. The van der Waals surface area contributed by atoms with Crippen molar-refractivity contribution >= 4 is 50.9 Å². The second-order valence-electron chi connectivity index (χ2n) is 10.6. The Hall–Kier alpha value is -0.941. The van der Waals surface area contributed by atoms with E-state index in [0.717, 1.165) is 8.58 Å². The van der Waals surface area contributed by atoms with Crippen molar-refractivity contribution in [2.75, 3.05) is 0 Å². The summed E-state index contributed by atoms with van der Waals surface area (Å²) in [6.45, 7) is 14.7. The van der Waals surface area contributed by atoms with E-state index in [1.807, 2.05) is 0 Å². The van der Waals surface area contributed by atoms with Crippen LogP contribution in [0, 0.1) is 10.8 Å². The van der Waals surface area contributed by atoms with E-state index < -0.39 is 18.4 Å². The summed E-state index contributed by atoms with van der Waals surface area (Å²) in [5.41, 5.74) is 0.482. The minimum atomic E-state index is -3.47. The third-order valence-electron chi connectivity index (χ3n) is 6.54. The van der Waals surface area contributed by atoms with Crippen LogP contribution in [0.4, 0.5) is 0 Å². The van der Waals surface area contributed by atoms with Gasteiger partial charge in [0.25, 0.3) is 0 Å². The maximum absolute atomic E-state index is 3.47. The molecule has 0 amide bonds. The van der Waals surface area contributed by atoms with Gasteiger partial charge in [0.1, 0.15) is 0 Å². The molecule has 0 spiro atoms. The van der Waals surface area contributed by atoms with Gasteiger partial charge in [-0.15, -0.1) is 0 Å². The third-order valence-corrected chi connectivity index (χ3v) is 34.2. The predicted molar refractivity (Wildman–Crippen MR) is 146 cm³/mol. The molecule has 2 atom stereocenters. The molecule has 0 saturated carbocycles. The van der Waals surface area contributed by atoms with Crippen LogP contribution >= 0.6 is 16.8 Å².